The highest BCUT2D eigenvalue weighted by Gasteiger charge is 2.17. The number of para-hydroxylation sites is 1. The van der Waals surface area contributed by atoms with Gasteiger partial charge in [-0.2, -0.15) is 0 Å². The van der Waals surface area contributed by atoms with Crippen molar-refractivity contribution in [2.24, 2.45) is 0 Å². The van der Waals surface area contributed by atoms with Crippen LogP contribution in [0.15, 0.2) is 46.2 Å². The van der Waals surface area contributed by atoms with Crippen LogP contribution in [0.25, 0.3) is 0 Å². The van der Waals surface area contributed by atoms with Crippen molar-refractivity contribution in [1.82, 2.24) is 4.98 Å². The van der Waals surface area contributed by atoms with E-state index in [9.17, 15) is 13.2 Å². The van der Waals surface area contributed by atoms with E-state index in [4.69, 9.17) is 11.6 Å². The van der Waals surface area contributed by atoms with E-state index in [0.29, 0.717) is 5.69 Å². The number of halogens is 1. The third-order valence-corrected chi connectivity index (χ3v) is 4.55. The number of H-pyrrole nitrogens is 1. The zero-order valence-corrected chi connectivity index (χ0v) is 13.0. The molecule has 0 unspecified atom stereocenters. The van der Waals surface area contributed by atoms with Crippen LogP contribution in [-0.4, -0.2) is 13.4 Å². The highest BCUT2D eigenvalue weighted by Crippen LogP contribution is 2.21. The van der Waals surface area contributed by atoms with Crippen LogP contribution in [0.2, 0.25) is 5.02 Å². The molecule has 112 valence electrons. The smallest absolute Gasteiger partial charge is 0.266 e. The molecule has 2 aromatic rings. The average Bonchev–Trinajstić information content (AvgIpc) is 2.44. The van der Waals surface area contributed by atoms with Gasteiger partial charge in [-0.15, -0.1) is 0 Å². The Morgan fingerprint density at radius 1 is 1.29 bits per heavy atom. The van der Waals surface area contributed by atoms with Crippen molar-refractivity contribution in [3.8, 4) is 0 Å². The number of rotatable bonds is 5. The number of pyridine rings is 1. The lowest BCUT2D eigenvalue weighted by Crippen LogP contribution is -2.16. The van der Waals surface area contributed by atoms with Crippen LogP contribution in [0.1, 0.15) is 18.9 Å². The molecule has 21 heavy (non-hydrogen) atoms. The van der Waals surface area contributed by atoms with Gasteiger partial charge in [-0.3, -0.25) is 9.52 Å². The summed E-state index contributed by atoms with van der Waals surface area (Å²) in [6.07, 6.45) is 2.80. The van der Waals surface area contributed by atoms with Gasteiger partial charge in [0.15, 0.2) is 0 Å². The Kier molecular flexibility index (Phi) is 4.69. The normalized spacial score (nSPS) is 11.3. The largest absolute Gasteiger partial charge is 0.326 e. The number of hydrogen-bond donors (Lipinski definition) is 2. The lowest BCUT2D eigenvalue weighted by atomic mass is 10.1. The van der Waals surface area contributed by atoms with Gasteiger partial charge in [0.05, 0.1) is 5.69 Å². The van der Waals surface area contributed by atoms with Crippen molar-refractivity contribution in [2.45, 2.75) is 24.7 Å². The topological polar surface area (TPSA) is 79.0 Å². The molecule has 1 heterocycles. The lowest BCUT2D eigenvalue weighted by molar-refractivity contribution is 0.600. The maximum Gasteiger partial charge on any atom is 0.266 e. The second kappa shape index (κ2) is 6.32. The Bertz CT molecular complexity index is 800. The third kappa shape index (κ3) is 3.65. The van der Waals surface area contributed by atoms with Crippen LogP contribution in [0.3, 0.4) is 0 Å². The number of nitrogens with one attached hydrogen (secondary N) is 2. The Balaban J connectivity index is 2.37. The molecule has 0 saturated carbocycles. The summed E-state index contributed by atoms with van der Waals surface area (Å²) in [4.78, 5) is 13.4. The van der Waals surface area contributed by atoms with Crippen molar-refractivity contribution in [2.75, 3.05) is 4.72 Å². The molecule has 0 fully saturated rings. The van der Waals surface area contributed by atoms with Crippen LogP contribution in [-0.2, 0) is 16.4 Å². The summed E-state index contributed by atoms with van der Waals surface area (Å²) in [5.74, 6) is 0. The second-order valence-electron chi connectivity index (χ2n) is 4.53. The number of aryl methyl sites for hydroxylation is 1. The van der Waals surface area contributed by atoms with E-state index >= 15 is 0 Å². The standard InChI is InChI=1S/C14H15ClN2O3S/c1-2-5-10-6-3-4-7-13(10)17-21(19,20)11-8-12(15)14(18)16-9-11/h3-4,6-9,17H,2,5H2,1H3,(H,16,18). The molecule has 7 heteroatoms. The predicted octanol–water partition coefficient (Wildman–Crippen LogP) is 2.78. The van der Waals surface area contributed by atoms with E-state index < -0.39 is 15.6 Å². The maximum atomic E-state index is 12.3. The fourth-order valence-electron chi connectivity index (χ4n) is 1.90. The van der Waals surface area contributed by atoms with Gasteiger partial charge >= 0.3 is 0 Å². The van der Waals surface area contributed by atoms with E-state index in [-0.39, 0.29) is 9.92 Å². The van der Waals surface area contributed by atoms with Crippen molar-refractivity contribution >= 4 is 27.3 Å². The molecular formula is C14H15ClN2O3S. The zero-order chi connectivity index (χ0) is 15.5. The predicted molar refractivity (Wildman–Crippen MR) is 83.3 cm³/mol. The Labute approximate surface area is 128 Å². The zero-order valence-electron chi connectivity index (χ0n) is 11.4. The Morgan fingerprint density at radius 3 is 2.67 bits per heavy atom. The number of anilines is 1. The van der Waals surface area contributed by atoms with Crippen molar-refractivity contribution in [3.63, 3.8) is 0 Å². The van der Waals surface area contributed by atoms with Gasteiger partial charge in [-0.05, 0) is 24.1 Å². The van der Waals surface area contributed by atoms with E-state index in [1.165, 1.54) is 0 Å². The average molecular weight is 327 g/mol. The fourth-order valence-corrected chi connectivity index (χ4v) is 3.23. The maximum absolute atomic E-state index is 12.3. The number of benzene rings is 1. The molecule has 0 spiro atoms. The van der Waals surface area contributed by atoms with Gasteiger partial charge in [-0.1, -0.05) is 43.1 Å². The molecule has 0 atom stereocenters. The van der Waals surface area contributed by atoms with E-state index in [0.717, 1.165) is 30.7 Å². The summed E-state index contributed by atoms with van der Waals surface area (Å²) in [5, 5.41) is -0.167. The molecule has 0 aliphatic carbocycles. The molecule has 0 saturated heterocycles. The third-order valence-electron chi connectivity index (χ3n) is 2.92. The monoisotopic (exact) mass is 326 g/mol. The van der Waals surface area contributed by atoms with Gasteiger partial charge < -0.3 is 4.98 Å². The molecule has 0 bridgehead atoms. The summed E-state index contributed by atoms with van der Waals surface area (Å²) >= 11 is 5.67. The number of sulfonamides is 1. The van der Waals surface area contributed by atoms with Gasteiger partial charge in [0.1, 0.15) is 9.92 Å². The van der Waals surface area contributed by atoms with Crippen LogP contribution in [0.5, 0.6) is 0 Å². The molecule has 0 amide bonds. The minimum Gasteiger partial charge on any atom is -0.326 e. The summed E-state index contributed by atoms with van der Waals surface area (Å²) in [6, 6.07) is 8.33. The first-order chi connectivity index (χ1) is 9.94. The summed E-state index contributed by atoms with van der Waals surface area (Å²) in [6.45, 7) is 2.02. The molecule has 5 nitrogen and oxygen atoms in total. The van der Waals surface area contributed by atoms with Gasteiger partial charge in [0.2, 0.25) is 0 Å². The van der Waals surface area contributed by atoms with Gasteiger partial charge in [0.25, 0.3) is 15.6 Å². The highest BCUT2D eigenvalue weighted by atomic mass is 35.5. The fraction of sp³-hybridized carbons (Fsp3) is 0.214. The summed E-state index contributed by atoms with van der Waals surface area (Å²) < 4.78 is 27.2. The van der Waals surface area contributed by atoms with Crippen molar-refractivity contribution in [1.29, 1.82) is 0 Å². The highest BCUT2D eigenvalue weighted by molar-refractivity contribution is 7.92. The number of aromatic amines is 1. The van der Waals surface area contributed by atoms with Crippen molar-refractivity contribution < 1.29 is 8.42 Å². The molecule has 2 N–H and O–H groups in total. The number of hydrogen-bond acceptors (Lipinski definition) is 3. The van der Waals surface area contributed by atoms with Crippen LogP contribution in [0.4, 0.5) is 5.69 Å². The molecule has 0 radical (unpaired) electrons. The van der Waals surface area contributed by atoms with E-state index in [1.54, 1.807) is 12.1 Å². The minimum absolute atomic E-state index is 0.0848. The SMILES string of the molecule is CCCc1ccccc1NS(=O)(=O)c1c[nH]c(=O)c(Cl)c1. The summed E-state index contributed by atoms with van der Waals surface area (Å²) in [5.41, 5.74) is 0.919. The van der Waals surface area contributed by atoms with Crippen LogP contribution in [0, 0.1) is 0 Å². The van der Waals surface area contributed by atoms with Crippen LogP contribution < -0.4 is 10.3 Å². The lowest BCUT2D eigenvalue weighted by Gasteiger charge is -2.12. The van der Waals surface area contributed by atoms with Gasteiger partial charge in [0, 0.05) is 6.20 Å². The second-order valence-corrected chi connectivity index (χ2v) is 6.61. The first kappa shape index (κ1) is 15.6. The minimum atomic E-state index is -3.80. The first-order valence-corrected chi connectivity index (χ1v) is 8.29. The van der Waals surface area contributed by atoms with Crippen molar-refractivity contribution in [3.05, 3.63) is 57.5 Å². The first-order valence-electron chi connectivity index (χ1n) is 6.43. The molecule has 1 aromatic carbocycles. The van der Waals surface area contributed by atoms with Gasteiger partial charge in [-0.25, -0.2) is 8.42 Å². The molecule has 2 rings (SSSR count). The molecule has 0 aliphatic heterocycles. The Hall–Kier alpha value is -1.79. The molecule has 0 aliphatic rings. The molecule has 1 aromatic heterocycles. The van der Waals surface area contributed by atoms with Crippen LogP contribution >= 0.6 is 11.6 Å². The van der Waals surface area contributed by atoms with E-state index in [2.05, 4.69) is 9.71 Å². The molecular weight excluding hydrogens is 312 g/mol. The van der Waals surface area contributed by atoms with E-state index in [1.807, 2.05) is 19.1 Å². The Morgan fingerprint density at radius 2 is 2.00 bits per heavy atom. The quantitative estimate of drug-likeness (QED) is 0.886. The number of aromatic nitrogens is 1. The summed E-state index contributed by atoms with van der Waals surface area (Å²) in [7, 11) is -3.80.